The van der Waals surface area contributed by atoms with Crippen molar-refractivity contribution in [3.8, 4) is 5.88 Å². The molecule has 0 spiro atoms. The van der Waals surface area contributed by atoms with Crippen LogP contribution in [0.25, 0.3) is 11.0 Å². The number of hydrogen-bond acceptors (Lipinski definition) is 7. The topological polar surface area (TPSA) is 87.3 Å². The molecule has 9 nitrogen and oxygen atoms in total. The number of imidazole rings is 2. The van der Waals surface area contributed by atoms with Crippen LogP contribution >= 0.6 is 11.6 Å². The summed E-state index contributed by atoms with van der Waals surface area (Å²) in [5.41, 5.74) is 4.77. The molecule has 11 heteroatoms. The van der Waals surface area contributed by atoms with E-state index in [4.69, 9.17) is 31.0 Å². The molecule has 3 atom stereocenters. The lowest BCUT2D eigenvalue weighted by molar-refractivity contribution is 0.0601. The monoisotopic (exact) mass is 614 g/mol. The van der Waals surface area contributed by atoms with E-state index in [2.05, 4.69) is 32.0 Å². The van der Waals surface area contributed by atoms with Crippen LogP contribution in [0, 0.1) is 17.7 Å². The normalized spacial score (nSPS) is 19.3. The van der Waals surface area contributed by atoms with Crippen LogP contribution in [-0.4, -0.2) is 55.2 Å². The zero-order chi connectivity index (χ0) is 30.4. The maximum absolute atomic E-state index is 14.2. The number of pyridine rings is 1. The molecule has 7 rings (SSSR count). The van der Waals surface area contributed by atoms with Gasteiger partial charge in [-0.1, -0.05) is 23.7 Å². The molecule has 1 saturated heterocycles. The van der Waals surface area contributed by atoms with Gasteiger partial charge in [0.15, 0.2) is 0 Å². The Kier molecular flexibility index (Phi) is 7.55. The Labute approximate surface area is 259 Å². The fourth-order valence-corrected chi connectivity index (χ4v) is 6.67. The van der Waals surface area contributed by atoms with Gasteiger partial charge in [-0.3, -0.25) is 4.90 Å². The number of nitrogens with zero attached hydrogens (tertiary/aromatic N) is 6. The zero-order valence-corrected chi connectivity index (χ0v) is 25.2. The Morgan fingerprint density at radius 1 is 1.07 bits per heavy atom. The highest BCUT2D eigenvalue weighted by molar-refractivity contribution is 6.30. The van der Waals surface area contributed by atoms with Crippen LogP contribution in [0.2, 0.25) is 5.02 Å². The molecule has 5 aromatic rings. The van der Waals surface area contributed by atoms with E-state index in [9.17, 15) is 9.18 Å². The second-order valence-electron chi connectivity index (χ2n) is 11.5. The molecule has 4 heterocycles. The minimum absolute atomic E-state index is 0.0892. The lowest BCUT2D eigenvalue weighted by Crippen LogP contribution is -2.26. The average Bonchev–Trinajstić information content (AvgIpc) is 3.35. The van der Waals surface area contributed by atoms with Crippen LogP contribution in [0.3, 0.4) is 0 Å². The van der Waals surface area contributed by atoms with Crippen LogP contribution in [0.4, 0.5) is 4.39 Å². The third kappa shape index (κ3) is 5.44. The van der Waals surface area contributed by atoms with E-state index in [1.54, 1.807) is 18.2 Å². The number of esters is 1. The van der Waals surface area contributed by atoms with E-state index < -0.39 is 0 Å². The summed E-state index contributed by atoms with van der Waals surface area (Å²) < 4.78 is 29.3. The van der Waals surface area contributed by atoms with E-state index in [0.717, 1.165) is 47.9 Å². The molecule has 226 valence electrons. The maximum Gasteiger partial charge on any atom is 0.337 e. The molecule has 2 fully saturated rings. The molecule has 3 aromatic heterocycles. The van der Waals surface area contributed by atoms with E-state index in [-0.39, 0.29) is 18.4 Å². The summed E-state index contributed by atoms with van der Waals surface area (Å²) in [5.74, 6) is 2.08. The number of carbonyl (C=O) groups is 1. The molecule has 44 heavy (non-hydrogen) atoms. The summed E-state index contributed by atoms with van der Waals surface area (Å²) in [4.78, 5) is 28.9. The van der Waals surface area contributed by atoms with Crippen molar-refractivity contribution in [2.45, 2.75) is 39.1 Å². The van der Waals surface area contributed by atoms with Crippen LogP contribution in [-0.2, 0) is 31.0 Å². The standard InChI is InChI=1S/C33H32ClFN6O3/c1-3-40-19-36-13-23(40)14-41-29-11-20(33(42)43-2)8-10-27(29)37-30(41)17-39-15-24-25(16-39)32(24)28-5-4-6-31(38-28)44-18-21-7-9-22(34)12-26(21)35/h4-13,19,24-25,32H,3,14-18H2,1-2H3/t24-,25+,32?. The fraction of sp³-hybridized carbons (Fsp3) is 0.333. The Morgan fingerprint density at radius 2 is 1.91 bits per heavy atom. The van der Waals surface area contributed by atoms with Crippen LogP contribution in [0.5, 0.6) is 5.88 Å². The number of methoxy groups -OCH3 is 1. The van der Waals surface area contributed by atoms with E-state index in [1.165, 1.54) is 13.2 Å². The summed E-state index contributed by atoms with van der Waals surface area (Å²) in [6.45, 7) is 6.20. The number of aromatic nitrogens is 5. The predicted octanol–water partition coefficient (Wildman–Crippen LogP) is 5.70. The highest BCUT2D eigenvalue weighted by Gasteiger charge is 2.57. The predicted molar refractivity (Wildman–Crippen MR) is 163 cm³/mol. The molecule has 2 aliphatic rings. The molecule has 0 bridgehead atoms. The van der Waals surface area contributed by atoms with E-state index >= 15 is 0 Å². The van der Waals surface area contributed by atoms with Crippen molar-refractivity contribution in [1.29, 1.82) is 0 Å². The number of aryl methyl sites for hydroxylation is 1. The molecule has 0 radical (unpaired) electrons. The van der Waals surface area contributed by atoms with Crippen LogP contribution in [0.1, 0.15) is 46.0 Å². The first kappa shape index (κ1) is 28.5. The number of piperidine rings is 1. The summed E-state index contributed by atoms with van der Waals surface area (Å²) in [6, 6.07) is 15.9. The van der Waals surface area contributed by atoms with Crippen molar-refractivity contribution >= 4 is 28.6 Å². The molecule has 0 amide bonds. The highest BCUT2D eigenvalue weighted by atomic mass is 35.5. The maximum atomic E-state index is 14.2. The van der Waals surface area contributed by atoms with Gasteiger partial charge in [0, 0.05) is 54.1 Å². The van der Waals surface area contributed by atoms with Gasteiger partial charge in [0.25, 0.3) is 0 Å². The first-order valence-corrected chi connectivity index (χ1v) is 15.1. The number of hydrogen-bond donors (Lipinski definition) is 0. The average molecular weight is 615 g/mol. The summed E-state index contributed by atoms with van der Waals surface area (Å²) in [7, 11) is 1.39. The summed E-state index contributed by atoms with van der Waals surface area (Å²) in [5, 5.41) is 0.356. The number of likely N-dealkylation sites (tertiary alicyclic amines) is 1. The number of rotatable bonds is 10. The van der Waals surface area contributed by atoms with Crippen LogP contribution in [0.15, 0.2) is 67.1 Å². The van der Waals surface area contributed by atoms with Gasteiger partial charge < -0.3 is 18.6 Å². The molecule has 1 aliphatic carbocycles. The zero-order valence-electron chi connectivity index (χ0n) is 24.5. The van der Waals surface area contributed by atoms with Crippen molar-refractivity contribution in [3.63, 3.8) is 0 Å². The Bertz CT molecular complexity index is 1840. The highest BCUT2D eigenvalue weighted by Crippen LogP contribution is 2.58. The fourth-order valence-electron chi connectivity index (χ4n) is 6.51. The van der Waals surface area contributed by atoms with Gasteiger partial charge >= 0.3 is 5.97 Å². The largest absolute Gasteiger partial charge is 0.473 e. The van der Waals surface area contributed by atoms with Gasteiger partial charge in [0.1, 0.15) is 18.2 Å². The van der Waals surface area contributed by atoms with Crippen molar-refractivity contribution in [3.05, 3.63) is 106 Å². The van der Waals surface area contributed by atoms with Crippen molar-refractivity contribution < 1.29 is 18.7 Å². The summed E-state index contributed by atoms with van der Waals surface area (Å²) in [6.07, 6.45) is 3.72. The lowest BCUT2D eigenvalue weighted by atomic mass is 10.1. The second-order valence-corrected chi connectivity index (χ2v) is 11.9. The second kappa shape index (κ2) is 11.7. The molecule has 1 saturated carbocycles. The molecule has 0 N–H and O–H groups in total. The third-order valence-electron chi connectivity index (χ3n) is 8.82. The van der Waals surface area contributed by atoms with E-state index in [0.29, 0.717) is 52.9 Å². The van der Waals surface area contributed by atoms with Crippen LogP contribution < -0.4 is 4.74 Å². The minimum atomic E-state index is -0.390. The van der Waals surface area contributed by atoms with Gasteiger partial charge in [-0.2, -0.15) is 0 Å². The van der Waals surface area contributed by atoms with Gasteiger partial charge in [-0.05, 0) is 55.2 Å². The first-order valence-electron chi connectivity index (χ1n) is 14.7. The Morgan fingerprint density at radius 3 is 2.68 bits per heavy atom. The lowest BCUT2D eigenvalue weighted by Gasteiger charge is -2.20. The molecular weight excluding hydrogens is 583 g/mol. The SMILES string of the molecule is CCn1cncc1Cn1c(CN2C[C@@H]3C(c4cccc(OCc5ccc(Cl)cc5F)n4)[C@@H]3C2)nc2ccc(C(=O)OC)cc21. The molecular formula is C33H32ClFN6O3. The van der Waals surface area contributed by atoms with E-state index in [1.807, 2.05) is 36.8 Å². The number of fused-ring (bicyclic) bond motifs is 2. The summed E-state index contributed by atoms with van der Waals surface area (Å²) >= 11 is 5.87. The Hall–Kier alpha value is -4.28. The molecule has 2 aromatic carbocycles. The van der Waals surface area contributed by atoms with Crippen molar-refractivity contribution in [2.24, 2.45) is 11.8 Å². The quantitative estimate of drug-likeness (QED) is 0.187. The number of halogens is 2. The first-order chi connectivity index (χ1) is 21.4. The van der Waals surface area contributed by atoms with Gasteiger partial charge in [-0.25, -0.2) is 24.1 Å². The number of carbonyl (C=O) groups excluding carboxylic acids is 1. The third-order valence-corrected chi connectivity index (χ3v) is 9.05. The molecule has 1 unspecified atom stereocenters. The van der Waals surface area contributed by atoms with Crippen molar-refractivity contribution in [2.75, 3.05) is 20.2 Å². The van der Waals surface area contributed by atoms with Gasteiger partial charge in [-0.15, -0.1) is 0 Å². The van der Waals surface area contributed by atoms with Gasteiger partial charge in [0.2, 0.25) is 5.88 Å². The Balaban J connectivity index is 1.05. The van der Waals surface area contributed by atoms with Gasteiger partial charge in [0.05, 0.1) is 48.8 Å². The minimum Gasteiger partial charge on any atom is -0.473 e. The molecule has 1 aliphatic heterocycles. The van der Waals surface area contributed by atoms with Crippen molar-refractivity contribution in [1.82, 2.24) is 29.0 Å². The number of ether oxygens (including phenoxy) is 2. The number of benzene rings is 2. The smallest absolute Gasteiger partial charge is 0.337 e.